The summed E-state index contributed by atoms with van der Waals surface area (Å²) in [6, 6.07) is 15.1. The van der Waals surface area contributed by atoms with Gasteiger partial charge in [0.1, 0.15) is 4.90 Å². The number of nitro benzene ring substituents is 1. The molecule has 0 saturated heterocycles. The second kappa shape index (κ2) is 7.98. The third kappa shape index (κ3) is 4.17. The average molecular weight is 488 g/mol. The number of rotatable bonds is 6. The Hall–Kier alpha value is -3.77. The minimum Gasteiger partial charge on any atom is -0.356 e. The number of non-ortho nitro benzene ring substituents is 1. The van der Waals surface area contributed by atoms with E-state index in [2.05, 4.69) is 5.10 Å². The van der Waals surface area contributed by atoms with Gasteiger partial charge in [0.25, 0.3) is 21.6 Å². The number of hydrogen-bond acceptors (Lipinski definition) is 8. The van der Waals surface area contributed by atoms with Gasteiger partial charge in [0, 0.05) is 12.1 Å². The lowest BCUT2D eigenvalue weighted by molar-refractivity contribution is -0.384. The van der Waals surface area contributed by atoms with Gasteiger partial charge in [-0.2, -0.15) is 16.8 Å². The van der Waals surface area contributed by atoms with E-state index in [-0.39, 0.29) is 26.4 Å². The van der Waals surface area contributed by atoms with Crippen molar-refractivity contribution in [3.63, 3.8) is 0 Å². The standard InChI is InChI=1S/C21H17N3O7S2/c1-14-3-8-17(9-4-14)32(27,28)23-20-12-7-16(24(25)26)13-19(20)21(22-23)31-33(29,30)18-10-5-15(2)6-11-18/h3-13H,1-2H3. The highest BCUT2D eigenvalue weighted by Crippen LogP contribution is 2.33. The fraction of sp³-hybridized carbons (Fsp3) is 0.0952. The number of benzene rings is 3. The molecule has 33 heavy (non-hydrogen) atoms. The molecule has 0 aliphatic rings. The zero-order chi connectivity index (χ0) is 24.0. The van der Waals surface area contributed by atoms with Gasteiger partial charge >= 0.3 is 10.1 Å². The summed E-state index contributed by atoms with van der Waals surface area (Å²) >= 11 is 0. The van der Waals surface area contributed by atoms with Crippen LogP contribution in [0.1, 0.15) is 11.1 Å². The summed E-state index contributed by atoms with van der Waals surface area (Å²) in [7, 11) is -8.66. The summed E-state index contributed by atoms with van der Waals surface area (Å²) in [5.41, 5.74) is 1.20. The molecule has 0 bridgehead atoms. The van der Waals surface area contributed by atoms with E-state index in [1.165, 1.54) is 30.3 Å². The van der Waals surface area contributed by atoms with Gasteiger partial charge < -0.3 is 4.18 Å². The number of aryl methyl sites for hydroxylation is 2. The van der Waals surface area contributed by atoms with Crippen molar-refractivity contribution in [1.82, 2.24) is 9.19 Å². The Morgan fingerprint density at radius 3 is 1.94 bits per heavy atom. The fourth-order valence-electron chi connectivity index (χ4n) is 3.08. The van der Waals surface area contributed by atoms with E-state index in [0.29, 0.717) is 4.09 Å². The van der Waals surface area contributed by atoms with Gasteiger partial charge in [-0.05, 0) is 44.2 Å². The van der Waals surface area contributed by atoms with Gasteiger partial charge in [-0.3, -0.25) is 10.1 Å². The van der Waals surface area contributed by atoms with E-state index in [4.69, 9.17) is 4.18 Å². The molecule has 0 saturated carbocycles. The van der Waals surface area contributed by atoms with Crippen LogP contribution >= 0.6 is 0 Å². The number of aromatic nitrogens is 2. The number of nitro groups is 1. The Labute approximate surface area is 189 Å². The molecule has 0 aliphatic carbocycles. The van der Waals surface area contributed by atoms with Crippen LogP contribution in [0.5, 0.6) is 5.88 Å². The second-order valence-corrected chi connectivity index (χ2v) is 10.6. The molecular weight excluding hydrogens is 470 g/mol. The minimum absolute atomic E-state index is 0.0738. The van der Waals surface area contributed by atoms with Crippen molar-refractivity contribution in [2.75, 3.05) is 0 Å². The summed E-state index contributed by atoms with van der Waals surface area (Å²) < 4.78 is 57.8. The number of hydrogen-bond donors (Lipinski definition) is 0. The van der Waals surface area contributed by atoms with Crippen molar-refractivity contribution in [3.8, 4) is 5.88 Å². The number of nitrogens with zero attached hydrogens (tertiary/aromatic N) is 3. The Morgan fingerprint density at radius 1 is 0.848 bits per heavy atom. The summed E-state index contributed by atoms with van der Waals surface area (Å²) in [5.74, 6) is -0.593. The third-order valence-electron chi connectivity index (χ3n) is 4.85. The van der Waals surface area contributed by atoms with Crippen LogP contribution in [0.15, 0.2) is 76.5 Å². The molecule has 0 N–H and O–H groups in total. The van der Waals surface area contributed by atoms with Crippen molar-refractivity contribution in [1.29, 1.82) is 0 Å². The maximum atomic E-state index is 13.2. The lowest BCUT2D eigenvalue weighted by Gasteiger charge is -2.06. The van der Waals surface area contributed by atoms with Gasteiger partial charge in [0.15, 0.2) is 0 Å². The van der Waals surface area contributed by atoms with Crippen LogP contribution in [0.3, 0.4) is 0 Å². The highest BCUT2D eigenvalue weighted by atomic mass is 32.2. The SMILES string of the molecule is Cc1ccc(S(=O)(=O)Oc2nn(S(=O)(=O)c3ccc(C)cc3)c3ccc([N+](=O)[O-])cc23)cc1. The molecule has 4 aromatic rings. The molecule has 12 heteroatoms. The Bertz CT molecular complexity index is 1590. The Kier molecular flexibility index (Phi) is 5.42. The molecule has 0 fully saturated rings. The summed E-state index contributed by atoms with van der Waals surface area (Å²) in [4.78, 5) is 10.3. The molecule has 1 heterocycles. The molecule has 3 aromatic carbocycles. The summed E-state index contributed by atoms with van der Waals surface area (Å²) in [6.07, 6.45) is 0. The predicted octanol–water partition coefficient (Wildman–Crippen LogP) is 3.57. The van der Waals surface area contributed by atoms with Crippen molar-refractivity contribution in [3.05, 3.63) is 88.0 Å². The van der Waals surface area contributed by atoms with Gasteiger partial charge in [-0.1, -0.05) is 35.4 Å². The first-order valence-electron chi connectivity index (χ1n) is 9.50. The topological polar surface area (TPSA) is 138 Å². The van der Waals surface area contributed by atoms with Crippen LogP contribution in [0.25, 0.3) is 10.9 Å². The monoisotopic (exact) mass is 487 g/mol. The van der Waals surface area contributed by atoms with Crippen LogP contribution in [0.2, 0.25) is 0 Å². The van der Waals surface area contributed by atoms with E-state index in [0.717, 1.165) is 23.3 Å². The maximum Gasteiger partial charge on any atom is 0.340 e. The molecule has 0 unspecified atom stereocenters. The van der Waals surface area contributed by atoms with E-state index < -0.39 is 30.9 Å². The van der Waals surface area contributed by atoms with Gasteiger partial charge in [-0.15, -0.1) is 9.19 Å². The van der Waals surface area contributed by atoms with Crippen LogP contribution in [-0.2, 0) is 20.1 Å². The van der Waals surface area contributed by atoms with Crippen molar-refractivity contribution >= 4 is 36.7 Å². The molecule has 0 atom stereocenters. The molecule has 0 aliphatic heterocycles. The molecule has 0 amide bonds. The lowest BCUT2D eigenvalue weighted by Crippen LogP contribution is -2.15. The summed E-state index contributed by atoms with van der Waals surface area (Å²) in [5, 5.41) is 15.0. The second-order valence-electron chi connectivity index (χ2n) is 7.28. The molecule has 0 spiro atoms. The smallest absolute Gasteiger partial charge is 0.340 e. The zero-order valence-corrected chi connectivity index (χ0v) is 19.0. The normalized spacial score (nSPS) is 12.1. The third-order valence-corrected chi connectivity index (χ3v) is 7.68. The number of fused-ring (bicyclic) bond motifs is 1. The molecule has 1 aromatic heterocycles. The van der Waals surface area contributed by atoms with Crippen molar-refractivity contribution in [2.45, 2.75) is 23.6 Å². The van der Waals surface area contributed by atoms with E-state index >= 15 is 0 Å². The molecule has 0 radical (unpaired) electrons. The first-order valence-corrected chi connectivity index (χ1v) is 12.3. The van der Waals surface area contributed by atoms with Gasteiger partial charge in [0.2, 0.25) is 0 Å². The van der Waals surface area contributed by atoms with Crippen LogP contribution in [0, 0.1) is 24.0 Å². The molecule has 4 rings (SSSR count). The van der Waals surface area contributed by atoms with E-state index in [1.54, 1.807) is 38.1 Å². The fourth-order valence-corrected chi connectivity index (χ4v) is 5.25. The van der Waals surface area contributed by atoms with E-state index in [9.17, 15) is 26.9 Å². The zero-order valence-electron chi connectivity index (χ0n) is 17.4. The van der Waals surface area contributed by atoms with Crippen molar-refractivity contribution < 1.29 is 25.9 Å². The predicted molar refractivity (Wildman–Crippen MR) is 119 cm³/mol. The maximum absolute atomic E-state index is 13.2. The van der Waals surface area contributed by atoms with Gasteiger partial charge in [0.05, 0.1) is 20.7 Å². The quantitative estimate of drug-likeness (QED) is 0.229. The minimum atomic E-state index is -4.40. The Morgan fingerprint density at radius 2 is 1.39 bits per heavy atom. The van der Waals surface area contributed by atoms with Crippen LogP contribution < -0.4 is 4.18 Å². The first-order chi connectivity index (χ1) is 15.5. The first kappa shape index (κ1) is 22.4. The van der Waals surface area contributed by atoms with Crippen molar-refractivity contribution in [2.24, 2.45) is 0 Å². The van der Waals surface area contributed by atoms with Crippen LogP contribution in [-0.4, -0.2) is 30.9 Å². The van der Waals surface area contributed by atoms with Gasteiger partial charge in [-0.25, -0.2) is 0 Å². The average Bonchev–Trinajstić information content (AvgIpc) is 3.12. The molecule has 10 nitrogen and oxygen atoms in total. The highest BCUT2D eigenvalue weighted by molar-refractivity contribution is 7.90. The highest BCUT2D eigenvalue weighted by Gasteiger charge is 2.28. The van der Waals surface area contributed by atoms with E-state index in [1.807, 2.05) is 0 Å². The van der Waals surface area contributed by atoms with Crippen LogP contribution in [0.4, 0.5) is 5.69 Å². The largest absolute Gasteiger partial charge is 0.356 e. The molecule has 170 valence electrons. The Balaban J connectivity index is 1.91. The lowest BCUT2D eigenvalue weighted by atomic mass is 10.2. The summed E-state index contributed by atoms with van der Waals surface area (Å²) in [6.45, 7) is 3.57. The molecular formula is C21H17N3O7S2.